The number of rotatable bonds is 4. The number of aliphatic hydroxyl groups excluding tert-OH is 1. The van der Waals surface area contributed by atoms with Crippen molar-refractivity contribution in [3.05, 3.63) is 34.4 Å². The van der Waals surface area contributed by atoms with Crippen LogP contribution in [0.1, 0.15) is 23.2 Å². The molecule has 1 aromatic carbocycles. The molecule has 0 heterocycles. The minimum Gasteiger partial charge on any atom is -0.396 e. The molecule has 0 atom stereocenters. The van der Waals surface area contributed by atoms with E-state index >= 15 is 0 Å². The van der Waals surface area contributed by atoms with Crippen LogP contribution >= 0.6 is 11.6 Å². The highest BCUT2D eigenvalue weighted by molar-refractivity contribution is 6.30. The molecule has 1 aliphatic carbocycles. The van der Waals surface area contributed by atoms with Crippen molar-refractivity contribution in [1.29, 1.82) is 0 Å². The molecule has 0 spiro atoms. The molecule has 0 aliphatic heterocycles. The number of hydrogen-bond acceptors (Lipinski definition) is 2. The number of amides is 1. The summed E-state index contributed by atoms with van der Waals surface area (Å²) in [5, 5.41) is 11.2. The third kappa shape index (κ3) is 2.62. The van der Waals surface area contributed by atoms with Crippen LogP contribution in [0.4, 0.5) is 8.78 Å². The zero-order valence-corrected chi connectivity index (χ0v) is 10.2. The molecule has 1 aromatic rings. The lowest BCUT2D eigenvalue weighted by Gasteiger charge is -2.13. The molecule has 3 nitrogen and oxygen atoms in total. The van der Waals surface area contributed by atoms with Gasteiger partial charge in [0.15, 0.2) is 0 Å². The fourth-order valence-electron chi connectivity index (χ4n) is 1.63. The molecule has 18 heavy (non-hydrogen) atoms. The first kappa shape index (κ1) is 13.2. The zero-order valence-electron chi connectivity index (χ0n) is 9.47. The van der Waals surface area contributed by atoms with Gasteiger partial charge in [0.2, 0.25) is 0 Å². The summed E-state index contributed by atoms with van der Waals surface area (Å²) in [6.45, 7) is 0.233. The number of aliphatic hydroxyl groups is 1. The molecule has 2 rings (SSSR count). The van der Waals surface area contributed by atoms with E-state index in [0.29, 0.717) is 0 Å². The number of benzene rings is 1. The van der Waals surface area contributed by atoms with Crippen molar-refractivity contribution in [2.24, 2.45) is 5.41 Å². The summed E-state index contributed by atoms with van der Waals surface area (Å²) in [6.07, 6.45) is 1.64. The van der Waals surface area contributed by atoms with Gasteiger partial charge in [-0.3, -0.25) is 4.79 Å². The molecule has 1 saturated carbocycles. The third-order valence-electron chi connectivity index (χ3n) is 3.17. The molecule has 98 valence electrons. The van der Waals surface area contributed by atoms with Gasteiger partial charge in [-0.1, -0.05) is 11.6 Å². The lowest BCUT2D eigenvalue weighted by Crippen LogP contribution is -2.32. The summed E-state index contributed by atoms with van der Waals surface area (Å²) >= 11 is 5.39. The van der Waals surface area contributed by atoms with Crippen LogP contribution in [-0.4, -0.2) is 24.2 Å². The van der Waals surface area contributed by atoms with Gasteiger partial charge in [-0.05, 0) is 25.0 Å². The van der Waals surface area contributed by atoms with Crippen molar-refractivity contribution in [2.45, 2.75) is 12.8 Å². The zero-order chi connectivity index (χ0) is 13.3. The first-order valence-corrected chi connectivity index (χ1v) is 5.89. The largest absolute Gasteiger partial charge is 0.396 e. The molecule has 0 unspecified atom stereocenters. The average Bonchev–Trinajstić information content (AvgIpc) is 3.11. The van der Waals surface area contributed by atoms with Crippen LogP contribution in [-0.2, 0) is 0 Å². The highest BCUT2D eigenvalue weighted by atomic mass is 35.5. The Balaban J connectivity index is 2.07. The summed E-state index contributed by atoms with van der Waals surface area (Å²) in [7, 11) is 0. The summed E-state index contributed by atoms with van der Waals surface area (Å²) in [6, 6.07) is 1.54. The lowest BCUT2D eigenvalue weighted by atomic mass is 10.1. The molecule has 1 aliphatic rings. The van der Waals surface area contributed by atoms with Crippen LogP contribution < -0.4 is 5.32 Å². The standard InChI is InChI=1S/C12H12ClF2NO2/c13-8-4-9(14)7(3-10(8)15)11(18)16-5-12(6-17)1-2-12/h3-4,17H,1-2,5-6H2,(H,16,18). The SMILES string of the molecule is O=C(NCC1(CO)CC1)c1cc(F)c(Cl)cc1F. The van der Waals surface area contributed by atoms with E-state index in [1.807, 2.05) is 0 Å². The molecule has 0 radical (unpaired) electrons. The molecule has 1 fully saturated rings. The maximum absolute atomic E-state index is 13.4. The van der Waals surface area contributed by atoms with E-state index in [2.05, 4.69) is 5.32 Å². The van der Waals surface area contributed by atoms with Crippen LogP contribution in [0.2, 0.25) is 5.02 Å². The van der Waals surface area contributed by atoms with E-state index in [1.54, 1.807) is 0 Å². The van der Waals surface area contributed by atoms with Gasteiger partial charge in [-0.25, -0.2) is 8.78 Å². The summed E-state index contributed by atoms with van der Waals surface area (Å²) in [4.78, 5) is 11.7. The summed E-state index contributed by atoms with van der Waals surface area (Å²) < 4.78 is 26.6. The van der Waals surface area contributed by atoms with E-state index in [9.17, 15) is 13.6 Å². The Bertz CT molecular complexity index is 489. The molecule has 0 aromatic heterocycles. The highest BCUT2D eigenvalue weighted by Gasteiger charge is 2.42. The Labute approximate surface area is 108 Å². The molecule has 1 amide bonds. The topological polar surface area (TPSA) is 49.3 Å². The number of carbonyl (C=O) groups is 1. The first-order valence-electron chi connectivity index (χ1n) is 5.51. The molecule has 6 heteroatoms. The Kier molecular flexibility index (Phi) is 3.54. The van der Waals surface area contributed by atoms with Gasteiger partial charge in [0, 0.05) is 12.0 Å². The molecule has 2 N–H and O–H groups in total. The van der Waals surface area contributed by atoms with Crippen molar-refractivity contribution in [3.63, 3.8) is 0 Å². The second-order valence-corrected chi connectivity index (χ2v) is 4.99. The summed E-state index contributed by atoms with van der Waals surface area (Å²) in [5.41, 5.74) is -0.664. The molecular weight excluding hydrogens is 264 g/mol. The fourth-order valence-corrected chi connectivity index (χ4v) is 1.78. The van der Waals surface area contributed by atoms with E-state index in [1.165, 1.54) is 0 Å². The van der Waals surface area contributed by atoms with Crippen LogP contribution in [0.3, 0.4) is 0 Å². The average molecular weight is 276 g/mol. The Morgan fingerprint density at radius 1 is 1.39 bits per heavy atom. The predicted octanol–water partition coefficient (Wildman–Crippen LogP) is 2.12. The van der Waals surface area contributed by atoms with Crippen LogP contribution in [0.5, 0.6) is 0 Å². The van der Waals surface area contributed by atoms with Gasteiger partial charge in [-0.2, -0.15) is 0 Å². The van der Waals surface area contributed by atoms with Gasteiger partial charge in [0.05, 0.1) is 17.2 Å². The predicted molar refractivity (Wildman–Crippen MR) is 62.5 cm³/mol. The van der Waals surface area contributed by atoms with Gasteiger partial charge in [0.1, 0.15) is 11.6 Å². The van der Waals surface area contributed by atoms with Gasteiger partial charge in [-0.15, -0.1) is 0 Å². The maximum atomic E-state index is 13.4. The second kappa shape index (κ2) is 4.82. The van der Waals surface area contributed by atoms with Crippen molar-refractivity contribution >= 4 is 17.5 Å². The smallest absolute Gasteiger partial charge is 0.254 e. The van der Waals surface area contributed by atoms with Gasteiger partial charge < -0.3 is 10.4 Å². The Morgan fingerprint density at radius 3 is 2.61 bits per heavy atom. The van der Waals surface area contributed by atoms with E-state index in [-0.39, 0.29) is 29.2 Å². The fraction of sp³-hybridized carbons (Fsp3) is 0.417. The maximum Gasteiger partial charge on any atom is 0.254 e. The van der Waals surface area contributed by atoms with Crippen molar-refractivity contribution in [1.82, 2.24) is 5.32 Å². The number of halogens is 3. The first-order chi connectivity index (χ1) is 8.47. The Morgan fingerprint density at radius 2 is 2.06 bits per heavy atom. The minimum atomic E-state index is -0.868. The van der Waals surface area contributed by atoms with E-state index in [4.69, 9.17) is 16.7 Å². The van der Waals surface area contributed by atoms with Crippen LogP contribution in [0.15, 0.2) is 12.1 Å². The lowest BCUT2D eigenvalue weighted by molar-refractivity contribution is 0.0930. The van der Waals surface area contributed by atoms with E-state index in [0.717, 1.165) is 25.0 Å². The minimum absolute atomic E-state index is 0.0231. The number of nitrogens with one attached hydrogen (secondary N) is 1. The molecule has 0 saturated heterocycles. The van der Waals surface area contributed by atoms with Crippen molar-refractivity contribution < 1.29 is 18.7 Å². The molecular formula is C12H12ClF2NO2. The third-order valence-corrected chi connectivity index (χ3v) is 3.46. The second-order valence-electron chi connectivity index (χ2n) is 4.59. The number of carbonyl (C=O) groups excluding carboxylic acids is 1. The Hall–Kier alpha value is -1.20. The van der Waals surface area contributed by atoms with E-state index < -0.39 is 17.5 Å². The monoisotopic (exact) mass is 275 g/mol. The van der Waals surface area contributed by atoms with Gasteiger partial charge in [0.25, 0.3) is 5.91 Å². The number of hydrogen-bond donors (Lipinski definition) is 2. The normalized spacial score (nSPS) is 16.4. The summed E-state index contributed by atoms with van der Waals surface area (Å²) in [5.74, 6) is -2.41. The van der Waals surface area contributed by atoms with Crippen molar-refractivity contribution in [3.8, 4) is 0 Å². The quantitative estimate of drug-likeness (QED) is 0.827. The van der Waals surface area contributed by atoms with Gasteiger partial charge >= 0.3 is 0 Å². The highest BCUT2D eigenvalue weighted by Crippen LogP contribution is 2.44. The van der Waals surface area contributed by atoms with Crippen molar-refractivity contribution in [2.75, 3.05) is 13.2 Å². The van der Waals surface area contributed by atoms with Crippen LogP contribution in [0.25, 0.3) is 0 Å². The van der Waals surface area contributed by atoms with Crippen LogP contribution in [0, 0.1) is 17.0 Å². The molecule has 0 bridgehead atoms.